The Kier molecular flexibility index (Phi) is 7.18. The maximum atomic E-state index is 13.2. The van der Waals surface area contributed by atoms with E-state index in [1.165, 1.54) is 4.57 Å². The molecule has 0 radical (unpaired) electrons. The fourth-order valence-corrected chi connectivity index (χ4v) is 3.13. The number of aromatic nitrogens is 3. The third-order valence-corrected chi connectivity index (χ3v) is 4.81. The van der Waals surface area contributed by atoms with Crippen LogP contribution in [0.1, 0.15) is 38.3 Å². The van der Waals surface area contributed by atoms with Crippen LogP contribution in [0.15, 0.2) is 68.4 Å². The van der Waals surface area contributed by atoms with E-state index in [-0.39, 0.29) is 31.6 Å². The van der Waals surface area contributed by atoms with Crippen LogP contribution in [0.2, 0.25) is 0 Å². The minimum absolute atomic E-state index is 0.0207. The smallest absolute Gasteiger partial charge is 0.354 e. The highest BCUT2D eigenvalue weighted by Crippen LogP contribution is 2.18. The highest BCUT2D eigenvalue weighted by Gasteiger charge is 2.17. The van der Waals surface area contributed by atoms with Crippen molar-refractivity contribution in [2.45, 2.75) is 53.3 Å². The largest absolute Gasteiger partial charge is 0.483 e. The van der Waals surface area contributed by atoms with E-state index in [1.807, 2.05) is 52.0 Å². The molecule has 1 aliphatic rings. The summed E-state index contributed by atoms with van der Waals surface area (Å²) in [6, 6.07) is 7.59. The average Bonchev–Trinajstić information content (AvgIpc) is 2.73. The van der Waals surface area contributed by atoms with Crippen LogP contribution in [-0.2, 0) is 22.6 Å². The molecular formula is C24H26N4O5. The molecule has 1 aromatic heterocycles. The van der Waals surface area contributed by atoms with Gasteiger partial charge in [-0.05, 0) is 56.4 Å². The number of allylic oxidation sites excluding steroid dienone is 2. The van der Waals surface area contributed by atoms with Gasteiger partial charge >= 0.3 is 17.3 Å². The molecule has 33 heavy (non-hydrogen) atoms. The third kappa shape index (κ3) is 6.01. The number of hydrogen-bond donors (Lipinski definition) is 2. The van der Waals surface area contributed by atoms with Crippen LogP contribution < -0.4 is 16.7 Å². The highest BCUT2D eigenvalue weighted by molar-refractivity contribution is 5.66. The molecule has 0 amide bonds. The Morgan fingerprint density at radius 1 is 1.15 bits per heavy atom. The fraction of sp³-hybridized carbons (Fsp3) is 0.333. The number of nitrogens with zero attached hydrogens (tertiary/aromatic N) is 3. The van der Waals surface area contributed by atoms with E-state index in [0.717, 1.165) is 21.3 Å². The molecule has 1 aliphatic carbocycles. The van der Waals surface area contributed by atoms with Crippen LogP contribution in [-0.4, -0.2) is 31.3 Å². The number of carbonyl (C=O) groups is 1. The number of benzene rings is 1. The Bertz CT molecular complexity index is 1320. The lowest BCUT2D eigenvalue weighted by Gasteiger charge is -2.17. The van der Waals surface area contributed by atoms with E-state index < -0.39 is 17.3 Å². The molecule has 0 unspecified atom stereocenters. The van der Waals surface area contributed by atoms with Gasteiger partial charge in [0.05, 0.1) is 24.8 Å². The zero-order chi connectivity index (χ0) is 24.1. The Balaban J connectivity index is 2.07. The van der Waals surface area contributed by atoms with E-state index in [4.69, 9.17) is 9.84 Å². The monoisotopic (exact) mass is 450 g/mol. The van der Waals surface area contributed by atoms with Crippen molar-refractivity contribution in [1.82, 2.24) is 14.1 Å². The second-order valence-corrected chi connectivity index (χ2v) is 7.98. The molecule has 9 heteroatoms. The molecular weight excluding hydrogens is 424 g/mol. The lowest BCUT2D eigenvalue weighted by atomic mass is 10.1. The predicted molar refractivity (Wildman–Crippen MR) is 123 cm³/mol. The van der Waals surface area contributed by atoms with Gasteiger partial charge in [-0.15, -0.1) is 0 Å². The fourth-order valence-electron chi connectivity index (χ4n) is 3.13. The Labute approximate surface area is 190 Å². The van der Waals surface area contributed by atoms with Gasteiger partial charge in [0.25, 0.3) is 0 Å². The molecule has 2 aromatic rings. The van der Waals surface area contributed by atoms with Crippen LogP contribution in [0, 0.1) is 6.92 Å². The average molecular weight is 450 g/mol. The van der Waals surface area contributed by atoms with Crippen LogP contribution in [0.4, 0.5) is 5.95 Å². The number of ether oxygens (including phenoxy) is 1. The van der Waals surface area contributed by atoms with E-state index in [2.05, 4.69) is 21.8 Å². The summed E-state index contributed by atoms with van der Waals surface area (Å²) in [5, 5.41) is 12.0. The molecule has 0 aliphatic heterocycles. The van der Waals surface area contributed by atoms with Crippen molar-refractivity contribution in [2.24, 2.45) is 0 Å². The summed E-state index contributed by atoms with van der Waals surface area (Å²) in [6.45, 7) is 7.47. The van der Waals surface area contributed by atoms with Crippen LogP contribution in [0.3, 0.4) is 0 Å². The number of nitrogens with one attached hydrogen (secondary N) is 1. The standard InChI is InChI=1S/C24H26N4O5/c1-15(2)33-19-9-10-20(17(4)13-19)25-22-26-23(31)27(12-11-21(29)30)24(32)28(22)14-18-7-5-16(3)6-8-18/h5-8,13,15H,11-12,14H2,1-4H3,(H,29,30)(H,25,26,31). The van der Waals surface area contributed by atoms with Crippen molar-refractivity contribution in [3.8, 4) is 0 Å². The number of aryl methyl sites for hydroxylation is 1. The Morgan fingerprint density at radius 3 is 2.45 bits per heavy atom. The second kappa shape index (κ2) is 10.0. The molecule has 2 N–H and O–H groups in total. The molecule has 3 rings (SSSR count). The Hall–Kier alpha value is -4.06. The number of carboxylic acid groups (broad SMARTS) is 1. The van der Waals surface area contributed by atoms with Crippen molar-refractivity contribution < 1.29 is 14.6 Å². The van der Waals surface area contributed by atoms with Gasteiger partial charge in [-0.1, -0.05) is 29.8 Å². The summed E-state index contributed by atoms with van der Waals surface area (Å²) in [5.74, 6) is -0.553. The summed E-state index contributed by atoms with van der Waals surface area (Å²) >= 11 is 0. The van der Waals surface area contributed by atoms with E-state index in [9.17, 15) is 14.4 Å². The van der Waals surface area contributed by atoms with Crippen molar-refractivity contribution in [3.63, 3.8) is 0 Å². The maximum absolute atomic E-state index is 13.2. The van der Waals surface area contributed by atoms with Gasteiger partial charge in [0.1, 0.15) is 0 Å². The molecule has 0 fully saturated rings. The summed E-state index contributed by atoms with van der Waals surface area (Å²) in [5.41, 5.74) is 7.51. The molecule has 1 aromatic carbocycles. The lowest BCUT2D eigenvalue weighted by Crippen LogP contribution is -2.43. The number of hydrogen-bond acceptors (Lipinski definition) is 6. The molecule has 0 saturated carbocycles. The van der Waals surface area contributed by atoms with E-state index in [0.29, 0.717) is 11.5 Å². The van der Waals surface area contributed by atoms with Gasteiger partial charge in [-0.3, -0.25) is 9.36 Å². The SMILES string of the molecule is CC1=CC(OC(C)C)=C=C=C1Nc1nc(=O)n(CCC(=O)O)c(=O)n1Cc1ccc(C)cc1. The first-order valence-electron chi connectivity index (χ1n) is 10.5. The van der Waals surface area contributed by atoms with Crippen molar-refractivity contribution in [3.05, 3.63) is 90.9 Å². The van der Waals surface area contributed by atoms with Gasteiger partial charge in [0.2, 0.25) is 5.95 Å². The van der Waals surface area contributed by atoms with Crippen LogP contribution >= 0.6 is 0 Å². The molecule has 1 heterocycles. The molecule has 0 saturated heterocycles. The van der Waals surface area contributed by atoms with E-state index >= 15 is 0 Å². The molecule has 0 atom stereocenters. The number of carboxylic acids is 1. The highest BCUT2D eigenvalue weighted by atomic mass is 16.5. The minimum atomic E-state index is -1.11. The van der Waals surface area contributed by atoms with E-state index in [1.54, 1.807) is 6.08 Å². The Morgan fingerprint density at radius 2 is 1.85 bits per heavy atom. The zero-order valence-corrected chi connectivity index (χ0v) is 19.0. The quantitative estimate of drug-likeness (QED) is 0.564. The lowest BCUT2D eigenvalue weighted by molar-refractivity contribution is -0.137. The summed E-state index contributed by atoms with van der Waals surface area (Å²) in [7, 11) is 0. The topological polar surface area (TPSA) is 115 Å². The van der Waals surface area contributed by atoms with Gasteiger partial charge in [-0.2, -0.15) is 4.98 Å². The number of anilines is 1. The predicted octanol–water partition coefficient (Wildman–Crippen LogP) is 2.56. The minimum Gasteiger partial charge on any atom is -0.483 e. The summed E-state index contributed by atoms with van der Waals surface area (Å²) < 4.78 is 7.76. The van der Waals surface area contributed by atoms with Crippen LogP contribution in [0.25, 0.3) is 0 Å². The maximum Gasteiger partial charge on any atom is 0.354 e. The molecule has 0 spiro atoms. The first kappa shape index (κ1) is 23.6. The number of aliphatic carboxylic acids is 1. The third-order valence-electron chi connectivity index (χ3n) is 4.81. The normalized spacial score (nSPS) is 12.8. The number of rotatable bonds is 9. The first-order valence-corrected chi connectivity index (χ1v) is 10.5. The second-order valence-electron chi connectivity index (χ2n) is 7.98. The van der Waals surface area contributed by atoms with Crippen LogP contribution in [0.5, 0.6) is 0 Å². The van der Waals surface area contributed by atoms with Gasteiger partial charge in [0.15, 0.2) is 5.76 Å². The van der Waals surface area contributed by atoms with Gasteiger partial charge in [-0.25, -0.2) is 14.2 Å². The molecule has 0 bridgehead atoms. The summed E-state index contributed by atoms with van der Waals surface area (Å²) in [4.78, 5) is 40.7. The van der Waals surface area contributed by atoms with Crippen molar-refractivity contribution in [1.29, 1.82) is 0 Å². The van der Waals surface area contributed by atoms with Crippen molar-refractivity contribution >= 4 is 11.9 Å². The van der Waals surface area contributed by atoms with Gasteiger partial charge in [0, 0.05) is 6.54 Å². The van der Waals surface area contributed by atoms with Gasteiger partial charge < -0.3 is 15.2 Å². The zero-order valence-electron chi connectivity index (χ0n) is 19.0. The first-order chi connectivity index (χ1) is 15.6. The summed E-state index contributed by atoms with van der Waals surface area (Å²) in [6.07, 6.45) is 1.38. The molecule has 9 nitrogen and oxygen atoms in total. The molecule has 172 valence electrons. The van der Waals surface area contributed by atoms with Crippen molar-refractivity contribution in [2.75, 3.05) is 5.32 Å².